The van der Waals surface area contributed by atoms with Gasteiger partial charge in [-0.15, -0.1) is 5.10 Å². The van der Waals surface area contributed by atoms with E-state index in [2.05, 4.69) is 25.6 Å². The Labute approximate surface area is 179 Å². The highest BCUT2D eigenvalue weighted by molar-refractivity contribution is 6.31. The van der Waals surface area contributed by atoms with Gasteiger partial charge in [0.15, 0.2) is 0 Å². The first-order valence-corrected chi connectivity index (χ1v) is 9.67. The maximum atomic E-state index is 10.5. The van der Waals surface area contributed by atoms with E-state index < -0.39 is 11.2 Å². The van der Waals surface area contributed by atoms with Crippen LogP contribution in [0, 0.1) is 6.92 Å². The lowest BCUT2D eigenvalue weighted by atomic mass is 9.88. The summed E-state index contributed by atoms with van der Waals surface area (Å²) >= 11 is 5.98. The predicted octanol–water partition coefficient (Wildman–Crippen LogP) is 2.97. The van der Waals surface area contributed by atoms with Crippen LogP contribution in [0.4, 0.5) is 11.6 Å². The highest BCUT2D eigenvalue weighted by atomic mass is 35.5. The van der Waals surface area contributed by atoms with Crippen molar-refractivity contribution < 1.29 is 14.9 Å². The second-order valence-electron chi connectivity index (χ2n) is 7.90. The van der Waals surface area contributed by atoms with Crippen molar-refractivity contribution in [2.75, 3.05) is 12.4 Å². The van der Waals surface area contributed by atoms with Crippen LogP contribution in [0.25, 0.3) is 11.3 Å². The van der Waals surface area contributed by atoms with Crippen molar-refractivity contribution in [1.29, 1.82) is 0 Å². The summed E-state index contributed by atoms with van der Waals surface area (Å²) in [6, 6.07) is 5.80. The Hall–Kier alpha value is -2.75. The van der Waals surface area contributed by atoms with Gasteiger partial charge >= 0.3 is 0 Å². The minimum absolute atomic E-state index is 0.0961. The molecule has 0 saturated carbocycles. The highest BCUT2D eigenvalue weighted by Gasteiger charge is 2.38. The van der Waals surface area contributed by atoms with E-state index in [9.17, 15) is 10.2 Å². The van der Waals surface area contributed by atoms with Crippen LogP contribution in [-0.2, 0) is 6.54 Å². The number of aryl methyl sites for hydroxylation is 1. The van der Waals surface area contributed by atoms with E-state index in [1.807, 2.05) is 25.1 Å². The average Bonchev–Trinajstić information content (AvgIpc) is 3.10. The number of halogens is 1. The first-order chi connectivity index (χ1) is 14.0. The molecule has 1 aromatic carbocycles. The molecule has 160 valence electrons. The molecule has 30 heavy (non-hydrogen) atoms. The summed E-state index contributed by atoms with van der Waals surface area (Å²) in [4.78, 5) is 8.39. The van der Waals surface area contributed by atoms with Gasteiger partial charge in [0.1, 0.15) is 16.3 Å². The van der Waals surface area contributed by atoms with Gasteiger partial charge in [0.05, 0.1) is 31.6 Å². The summed E-state index contributed by atoms with van der Waals surface area (Å²) < 4.78 is 6.63. The largest absolute Gasteiger partial charge is 0.480 e. The van der Waals surface area contributed by atoms with Gasteiger partial charge in [-0.1, -0.05) is 16.8 Å². The molecule has 0 bridgehead atoms. The lowest BCUT2D eigenvalue weighted by Gasteiger charge is -2.35. The smallest absolute Gasteiger partial charge is 0.237 e. The second kappa shape index (κ2) is 8.17. The molecule has 0 fully saturated rings. The maximum Gasteiger partial charge on any atom is 0.237 e. The number of hydrogen-bond donors (Lipinski definition) is 3. The summed E-state index contributed by atoms with van der Waals surface area (Å²) in [5, 5.41) is 32.4. The van der Waals surface area contributed by atoms with Gasteiger partial charge in [-0.25, -0.2) is 9.67 Å². The molecule has 0 spiro atoms. The fraction of sp³-hybridized carbons (Fsp3) is 0.400. The molecule has 2 heterocycles. The van der Waals surface area contributed by atoms with Gasteiger partial charge in [-0.2, -0.15) is 4.98 Å². The number of rotatable bonds is 7. The van der Waals surface area contributed by atoms with Gasteiger partial charge in [-0.3, -0.25) is 0 Å². The SMILES string of the molecule is COc1nc(Nc2cc(C)cc(-c3cn(C[C@](C)(O)C(C)(C)O)nn3)c2)ncc1Cl. The standard InChI is InChI=1S/C20H25ClN6O3/c1-12-6-13(16-10-27(26-25-16)11-20(4,29)19(2,3)28)8-14(7-12)23-18-22-9-15(21)17(24-18)30-5/h6-10,28-29H,11H2,1-5H3,(H,22,23,24)/t20-/m0/s1. The van der Waals surface area contributed by atoms with Crippen LogP contribution in [-0.4, -0.2) is 53.5 Å². The zero-order valence-corrected chi connectivity index (χ0v) is 18.3. The number of hydrogen-bond acceptors (Lipinski definition) is 8. The molecule has 0 radical (unpaired) electrons. The summed E-state index contributed by atoms with van der Waals surface area (Å²) in [5.74, 6) is 0.626. The number of aromatic nitrogens is 5. The van der Waals surface area contributed by atoms with Crippen molar-refractivity contribution in [2.45, 2.75) is 45.4 Å². The van der Waals surface area contributed by atoms with Crippen molar-refractivity contribution in [2.24, 2.45) is 0 Å². The molecule has 0 amide bonds. The van der Waals surface area contributed by atoms with Crippen LogP contribution in [0.15, 0.2) is 30.6 Å². The van der Waals surface area contributed by atoms with Gasteiger partial charge < -0.3 is 20.3 Å². The Bertz CT molecular complexity index is 1050. The van der Waals surface area contributed by atoms with Crippen molar-refractivity contribution in [1.82, 2.24) is 25.0 Å². The number of methoxy groups -OCH3 is 1. The fourth-order valence-electron chi connectivity index (χ4n) is 2.70. The summed E-state index contributed by atoms with van der Waals surface area (Å²) in [6.07, 6.45) is 3.19. The summed E-state index contributed by atoms with van der Waals surface area (Å²) in [5.41, 5.74) is 0.540. The molecule has 0 aliphatic carbocycles. The van der Waals surface area contributed by atoms with Gasteiger partial charge in [0, 0.05) is 11.3 Å². The van der Waals surface area contributed by atoms with Crippen LogP contribution in [0.2, 0.25) is 5.02 Å². The minimum atomic E-state index is -1.37. The molecular weight excluding hydrogens is 408 g/mol. The summed E-state index contributed by atoms with van der Waals surface area (Å²) in [7, 11) is 1.49. The molecule has 0 unspecified atom stereocenters. The molecule has 0 saturated heterocycles. The highest BCUT2D eigenvalue weighted by Crippen LogP contribution is 2.28. The Morgan fingerprint density at radius 2 is 1.93 bits per heavy atom. The average molecular weight is 433 g/mol. The summed E-state index contributed by atoms with van der Waals surface area (Å²) in [6.45, 7) is 6.72. The van der Waals surface area contributed by atoms with Crippen LogP contribution in [0.5, 0.6) is 5.88 Å². The molecule has 3 rings (SSSR count). The number of benzene rings is 1. The van der Waals surface area contributed by atoms with E-state index in [1.54, 1.807) is 27.0 Å². The Kier molecular flexibility index (Phi) is 5.98. The zero-order valence-electron chi connectivity index (χ0n) is 17.5. The van der Waals surface area contributed by atoms with E-state index in [0.717, 1.165) is 16.8 Å². The molecule has 2 aromatic heterocycles. The molecule has 10 heteroatoms. The third kappa shape index (κ3) is 4.86. The molecular formula is C20H25ClN6O3. The monoisotopic (exact) mass is 432 g/mol. The van der Waals surface area contributed by atoms with E-state index in [1.165, 1.54) is 18.0 Å². The van der Waals surface area contributed by atoms with Gasteiger partial charge in [0.25, 0.3) is 0 Å². The molecule has 0 aliphatic heterocycles. The van der Waals surface area contributed by atoms with Crippen LogP contribution in [0.1, 0.15) is 26.3 Å². The van der Waals surface area contributed by atoms with Crippen molar-refractivity contribution in [3.63, 3.8) is 0 Å². The van der Waals surface area contributed by atoms with Crippen LogP contribution >= 0.6 is 11.6 Å². The molecule has 9 nitrogen and oxygen atoms in total. The molecule has 3 N–H and O–H groups in total. The van der Waals surface area contributed by atoms with E-state index in [-0.39, 0.29) is 12.4 Å². The maximum absolute atomic E-state index is 10.5. The quantitative estimate of drug-likeness (QED) is 0.521. The normalized spacial score (nSPS) is 13.7. The molecule has 1 atom stereocenters. The number of aliphatic hydroxyl groups is 2. The van der Waals surface area contributed by atoms with Crippen LogP contribution < -0.4 is 10.1 Å². The Morgan fingerprint density at radius 3 is 2.60 bits per heavy atom. The third-order valence-corrected chi connectivity index (χ3v) is 5.12. The molecule has 3 aromatic rings. The van der Waals surface area contributed by atoms with Gasteiger partial charge in [-0.05, 0) is 51.5 Å². The van der Waals surface area contributed by atoms with Crippen molar-refractivity contribution >= 4 is 23.2 Å². The van der Waals surface area contributed by atoms with E-state index >= 15 is 0 Å². The van der Waals surface area contributed by atoms with E-state index in [4.69, 9.17) is 16.3 Å². The Morgan fingerprint density at radius 1 is 1.20 bits per heavy atom. The fourth-order valence-corrected chi connectivity index (χ4v) is 2.87. The number of nitrogens with zero attached hydrogens (tertiary/aromatic N) is 5. The van der Waals surface area contributed by atoms with Gasteiger partial charge in [0.2, 0.25) is 11.8 Å². The Balaban J connectivity index is 1.85. The van der Waals surface area contributed by atoms with E-state index in [0.29, 0.717) is 16.7 Å². The zero-order chi connectivity index (χ0) is 22.1. The first-order valence-electron chi connectivity index (χ1n) is 9.29. The lowest BCUT2D eigenvalue weighted by molar-refractivity contribution is -0.129. The molecule has 0 aliphatic rings. The second-order valence-corrected chi connectivity index (χ2v) is 8.30. The number of ether oxygens (including phenoxy) is 1. The van der Waals surface area contributed by atoms with Crippen molar-refractivity contribution in [3.8, 4) is 17.1 Å². The lowest BCUT2D eigenvalue weighted by Crippen LogP contribution is -2.50. The minimum Gasteiger partial charge on any atom is -0.480 e. The predicted molar refractivity (Wildman–Crippen MR) is 114 cm³/mol. The number of nitrogens with one attached hydrogen (secondary N) is 1. The topological polar surface area (TPSA) is 118 Å². The van der Waals surface area contributed by atoms with Crippen molar-refractivity contribution in [3.05, 3.63) is 41.2 Å². The van der Waals surface area contributed by atoms with Crippen LogP contribution in [0.3, 0.4) is 0 Å². The number of anilines is 2. The first kappa shape index (κ1) is 21.9. The third-order valence-electron chi connectivity index (χ3n) is 4.86.